The molecule has 1 amide bonds. The van der Waals surface area contributed by atoms with Gasteiger partial charge in [-0.3, -0.25) is 4.79 Å². The summed E-state index contributed by atoms with van der Waals surface area (Å²) in [5.41, 5.74) is 0. The third-order valence-corrected chi connectivity index (χ3v) is 2.56. The van der Waals surface area contributed by atoms with E-state index in [1.54, 1.807) is 0 Å². The molecule has 1 N–H and O–H groups in total. The SMILES string of the molecule is C=CCNC(=O)COc1ccc(OC(F)(F)F)c(Br)c1. The lowest BCUT2D eigenvalue weighted by Gasteiger charge is -2.12. The second kappa shape index (κ2) is 7.18. The molecule has 0 heterocycles. The van der Waals surface area contributed by atoms with E-state index in [-0.39, 0.29) is 28.5 Å². The Labute approximate surface area is 121 Å². The van der Waals surface area contributed by atoms with Crippen molar-refractivity contribution in [3.63, 3.8) is 0 Å². The van der Waals surface area contributed by atoms with Gasteiger partial charge in [0, 0.05) is 6.54 Å². The summed E-state index contributed by atoms with van der Waals surface area (Å²) in [4.78, 5) is 11.2. The highest BCUT2D eigenvalue weighted by molar-refractivity contribution is 9.10. The Morgan fingerprint density at radius 1 is 1.45 bits per heavy atom. The van der Waals surface area contributed by atoms with Crippen molar-refractivity contribution in [2.75, 3.05) is 13.2 Å². The quantitative estimate of drug-likeness (QED) is 0.799. The van der Waals surface area contributed by atoms with Crippen molar-refractivity contribution in [3.05, 3.63) is 35.3 Å². The van der Waals surface area contributed by atoms with Crippen LogP contribution in [0, 0.1) is 0 Å². The fourth-order valence-corrected chi connectivity index (χ4v) is 1.60. The molecule has 0 saturated carbocycles. The number of amides is 1. The van der Waals surface area contributed by atoms with Crippen LogP contribution in [0.25, 0.3) is 0 Å². The molecule has 0 aliphatic carbocycles. The molecule has 0 aliphatic heterocycles. The van der Waals surface area contributed by atoms with Gasteiger partial charge in [-0.2, -0.15) is 0 Å². The molecule has 0 saturated heterocycles. The lowest BCUT2D eigenvalue weighted by molar-refractivity contribution is -0.274. The Kier molecular flexibility index (Phi) is 5.87. The Bertz CT molecular complexity index is 491. The molecule has 0 atom stereocenters. The average molecular weight is 354 g/mol. The van der Waals surface area contributed by atoms with Gasteiger partial charge >= 0.3 is 6.36 Å². The fraction of sp³-hybridized carbons (Fsp3) is 0.250. The molecule has 1 rings (SSSR count). The topological polar surface area (TPSA) is 47.6 Å². The third kappa shape index (κ3) is 5.96. The maximum absolute atomic E-state index is 12.1. The van der Waals surface area contributed by atoms with Crippen LogP contribution in [-0.2, 0) is 4.79 Å². The number of carbonyl (C=O) groups excluding carboxylic acids is 1. The molecular weight excluding hydrogens is 343 g/mol. The second-order valence-electron chi connectivity index (χ2n) is 3.52. The van der Waals surface area contributed by atoms with Gasteiger partial charge in [-0.15, -0.1) is 19.8 Å². The highest BCUT2D eigenvalue weighted by atomic mass is 79.9. The first kappa shape index (κ1) is 16.4. The van der Waals surface area contributed by atoms with Gasteiger partial charge in [0.05, 0.1) is 4.47 Å². The molecule has 4 nitrogen and oxygen atoms in total. The Morgan fingerprint density at radius 3 is 2.70 bits per heavy atom. The minimum atomic E-state index is -4.77. The number of hydrogen-bond donors (Lipinski definition) is 1. The van der Waals surface area contributed by atoms with Crippen molar-refractivity contribution in [3.8, 4) is 11.5 Å². The number of carbonyl (C=O) groups is 1. The van der Waals surface area contributed by atoms with E-state index in [0.29, 0.717) is 6.54 Å². The van der Waals surface area contributed by atoms with Gasteiger partial charge in [-0.25, -0.2) is 0 Å². The van der Waals surface area contributed by atoms with Gasteiger partial charge in [0.2, 0.25) is 0 Å². The normalized spacial score (nSPS) is 10.8. The molecule has 0 bridgehead atoms. The van der Waals surface area contributed by atoms with Crippen molar-refractivity contribution >= 4 is 21.8 Å². The Morgan fingerprint density at radius 2 is 2.15 bits per heavy atom. The second-order valence-corrected chi connectivity index (χ2v) is 4.38. The number of nitrogens with one attached hydrogen (secondary N) is 1. The molecule has 0 radical (unpaired) electrons. The van der Waals surface area contributed by atoms with Crippen LogP contribution in [0.3, 0.4) is 0 Å². The first-order chi connectivity index (χ1) is 9.31. The smallest absolute Gasteiger partial charge is 0.484 e. The summed E-state index contributed by atoms with van der Waals surface area (Å²) in [6, 6.07) is 3.64. The molecule has 1 aromatic carbocycles. The van der Waals surface area contributed by atoms with Crippen LogP contribution in [0.15, 0.2) is 35.3 Å². The molecular formula is C12H11BrF3NO3. The van der Waals surface area contributed by atoms with Gasteiger partial charge in [0.1, 0.15) is 11.5 Å². The van der Waals surface area contributed by atoms with Gasteiger partial charge in [0.25, 0.3) is 5.91 Å². The maximum atomic E-state index is 12.1. The van der Waals surface area contributed by atoms with E-state index in [9.17, 15) is 18.0 Å². The lowest BCUT2D eigenvalue weighted by Crippen LogP contribution is -2.28. The first-order valence-corrected chi connectivity index (χ1v) is 6.17. The lowest BCUT2D eigenvalue weighted by atomic mass is 10.3. The van der Waals surface area contributed by atoms with E-state index in [1.807, 2.05) is 0 Å². The van der Waals surface area contributed by atoms with Gasteiger partial charge in [0.15, 0.2) is 6.61 Å². The summed E-state index contributed by atoms with van der Waals surface area (Å²) in [6.07, 6.45) is -3.26. The Balaban J connectivity index is 2.59. The number of alkyl halides is 3. The van der Waals surface area contributed by atoms with E-state index in [1.165, 1.54) is 18.2 Å². The highest BCUT2D eigenvalue weighted by Gasteiger charge is 2.31. The van der Waals surface area contributed by atoms with Crippen LogP contribution in [0.4, 0.5) is 13.2 Å². The van der Waals surface area contributed by atoms with Crippen LogP contribution >= 0.6 is 15.9 Å². The first-order valence-electron chi connectivity index (χ1n) is 5.37. The summed E-state index contributed by atoms with van der Waals surface area (Å²) >= 11 is 2.93. The summed E-state index contributed by atoms with van der Waals surface area (Å²) in [6.45, 7) is 3.49. The van der Waals surface area contributed by atoms with Crippen LogP contribution < -0.4 is 14.8 Å². The van der Waals surface area contributed by atoms with E-state index in [0.717, 1.165) is 6.07 Å². The highest BCUT2D eigenvalue weighted by Crippen LogP contribution is 2.33. The monoisotopic (exact) mass is 353 g/mol. The van der Waals surface area contributed by atoms with Crippen molar-refractivity contribution in [1.82, 2.24) is 5.32 Å². The predicted molar refractivity (Wildman–Crippen MR) is 69.5 cm³/mol. The van der Waals surface area contributed by atoms with Gasteiger partial charge < -0.3 is 14.8 Å². The molecule has 8 heteroatoms. The minimum Gasteiger partial charge on any atom is -0.484 e. The van der Waals surface area contributed by atoms with Crippen molar-refractivity contribution in [2.45, 2.75) is 6.36 Å². The van der Waals surface area contributed by atoms with Crippen molar-refractivity contribution in [1.29, 1.82) is 0 Å². The van der Waals surface area contributed by atoms with Gasteiger partial charge in [-0.05, 0) is 34.1 Å². The van der Waals surface area contributed by atoms with E-state index in [4.69, 9.17) is 4.74 Å². The standard InChI is InChI=1S/C12H11BrF3NO3/c1-2-5-17-11(18)7-19-8-3-4-10(9(13)6-8)20-12(14,15)16/h2-4,6H,1,5,7H2,(H,17,18). The number of ether oxygens (including phenoxy) is 2. The molecule has 0 spiro atoms. The van der Waals surface area contributed by atoms with Crippen LogP contribution in [0.1, 0.15) is 0 Å². The van der Waals surface area contributed by atoms with E-state index < -0.39 is 6.36 Å². The molecule has 0 aliphatic rings. The molecule has 110 valence electrons. The Hall–Kier alpha value is -1.70. The van der Waals surface area contributed by atoms with Gasteiger partial charge in [-0.1, -0.05) is 6.08 Å². The maximum Gasteiger partial charge on any atom is 0.573 e. The number of halogens is 4. The average Bonchev–Trinajstić information content (AvgIpc) is 2.35. The zero-order valence-electron chi connectivity index (χ0n) is 10.2. The summed E-state index contributed by atoms with van der Waals surface area (Å²) in [5, 5.41) is 2.49. The zero-order chi connectivity index (χ0) is 15.2. The van der Waals surface area contributed by atoms with Crippen LogP contribution in [0.2, 0.25) is 0 Å². The molecule has 0 unspecified atom stereocenters. The van der Waals surface area contributed by atoms with Crippen LogP contribution in [0.5, 0.6) is 11.5 Å². The van der Waals surface area contributed by atoms with Crippen molar-refractivity contribution in [2.24, 2.45) is 0 Å². The molecule has 0 aromatic heterocycles. The largest absolute Gasteiger partial charge is 0.573 e. The fourth-order valence-electron chi connectivity index (χ4n) is 1.16. The van der Waals surface area contributed by atoms with E-state index in [2.05, 4.69) is 32.6 Å². The number of hydrogen-bond acceptors (Lipinski definition) is 3. The minimum absolute atomic E-state index is 0.0684. The van der Waals surface area contributed by atoms with Crippen molar-refractivity contribution < 1.29 is 27.4 Å². The molecule has 20 heavy (non-hydrogen) atoms. The van der Waals surface area contributed by atoms with E-state index >= 15 is 0 Å². The summed E-state index contributed by atoms with van der Waals surface area (Å²) in [5.74, 6) is -0.516. The number of benzene rings is 1. The summed E-state index contributed by atoms with van der Waals surface area (Å²) in [7, 11) is 0. The third-order valence-electron chi connectivity index (χ3n) is 1.94. The zero-order valence-corrected chi connectivity index (χ0v) is 11.8. The summed E-state index contributed by atoms with van der Waals surface area (Å²) < 4.78 is 45.1. The molecule has 1 aromatic rings. The van der Waals surface area contributed by atoms with Crippen LogP contribution in [-0.4, -0.2) is 25.4 Å². The number of rotatable bonds is 6. The molecule has 0 fully saturated rings. The predicted octanol–water partition coefficient (Wildman–Crippen LogP) is 3.03.